The van der Waals surface area contributed by atoms with E-state index >= 15 is 0 Å². The van der Waals surface area contributed by atoms with Gasteiger partial charge >= 0.3 is 0 Å². The van der Waals surface area contributed by atoms with E-state index < -0.39 is 0 Å². The van der Waals surface area contributed by atoms with Crippen LogP contribution in [-0.2, 0) is 0 Å². The summed E-state index contributed by atoms with van der Waals surface area (Å²) in [6.45, 7) is 5.10. The van der Waals surface area contributed by atoms with Crippen LogP contribution < -0.4 is 5.32 Å². The van der Waals surface area contributed by atoms with Gasteiger partial charge in [-0.1, -0.05) is 6.92 Å². The fourth-order valence-corrected chi connectivity index (χ4v) is 4.71. The highest BCUT2D eigenvalue weighted by atomic mass is 79.9. The first kappa shape index (κ1) is 14.3. The van der Waals surface area contributed by atoms with Crippen molar-refractivity contribution in [3.8, 4) is 0 Å². The molecule has 1 N–H and O–H groups in total. The minimum absolute atomic E-state index is 0.107. The van der Waals surface area contributed by atoms with Crippen LogP contribution in [0.4, 0.5) is 0 Å². The van der Waals surface area contributed by atoms with Crippen LogP contribution in [-0.4, -0.2) is 6.54 Å². The minimum Gasteiger partial charge on any atom is -0.464 e. The Bertz CT molecular complexity index is 521. The molecule has 1 atom stereocenters. The lowest BCUT2D eigenvalue weighted by molar-refractivity contribution is 0.430. The molecule has 2 heterocycles. The van der Waals surface area contributed by atoms with E-state index in [9.17, 15) is 0 Å². The SMILES string of the molecule is CCCNC(c1ccc(C)o1)c1cc(Br)sc1Br. The van der Waals surface area contributed by atoms with E-state index in [1.165, 1.54) is 5.56 Å². The Morgan fingerprint density at radius 3 is 2.67 bits per heavy atom. The van der Waals surface area contributed by atoms with E-state index in [0.717, 1.165) is 32.1 Å². The average molecular weight is 393 g/mol. The molecule has 0 bridgehead atoms. The van der Waals surface area contributed by atoms with Crippen LogP contribution in [0.2, 0.25) is 0 Å². The lowest BCUT2D eigenvalue weighted by Gasteiger charge is -2.15. The van der Waals surface area contributed by atoms with Crippen molar-refractivity contribution < 1.29 is 4.42 Å². The number of nitrogens with one attached hydrogen (secondary N) is 1. The standard InChI is InChI=1S/C13H15Br2NOS/c1-3-6-16-12(10-5-4-8(2)17-10)9-7-11(14)18-13(9)15/h4-5,7,12,16H,3,6H2,1-2H3. The van der Waals surface area contributed by atoms with Gasteiger partial charge in [-0.3, -0.25) is 0 Å². The van der Waals surface area contributed by atoms with Gasteiger partial charge in [-0.05, 0) is 69.9 Å². The van der Waals surface area contributed by atoms with E-state index in [-0.39, 0.29) is 6.04 Å². The van der Waals surface area contributed by atoms with Crippen LogP contribution in [0.5, 0.6) is 0 Å². The van der Waals surface area contributed by atoms with Crippen LogP contribution in [0.1, 0.15) is 36.5 Å². The van der Waals surface area contributed by atoms with Gasteiger partial charge in [-0.25, -0.2) is 0 Å². The van der Waals surface area contributed by atoms with Gasteiger partial charge < -0.3 is 9.73 Å². The highest BCUT2D eigenvalue weighted by Gasteiger charge is 2.21. The second kappa shape index (κ2) is 6.37. The zero-order valence-corrected chi connectivity index (χ0v) is 14.3. The number of furan rings is 1. The number of halogens is 2. The van der Waals surface area contributed by atoms with Gasteiger partial charge in [0.1, 0.15) is 11.5 Å². The number of thiophene rings is 1. The molecule has 0 aliphatic rings. The molecule has 0 amide bonds. The van der Waals surface area contributed by atoms with Crippen LogP contribution in [0, 0.1) is 6.92 Å². The summed E-state index contributed by atoms with van der Waals surface area (Å²) in [7, 11) is 0. The number of hydrogen-bond donors (Lipinski definition) is 1. The van der Waals surface area contributed by atoms with E-state index in [4.69, 9.17) is 4.42 Å². The molecule has 2 aromatic rings. The van der Waals surface area contributed by atoms with E-state index in [2.05, 4.69) is 50.2 Å². The van der Waals surface area contributed by atoms with Crippen molar-refractivity contribution in [2.75, 3.05) is 6.54 Å². The van der Waals surface area contributed by atoms with Gasteiger partial charge in [-0.2, -0.15) is 0 Å². The fraction of sp³-hybridized carbons (Fsp3) is 0.385. The highest BCUT2D eigenvalue weighted by molar-refractivity contribution is 9.12. The largest absolute Gasteiger partial charge is 0.464 e. The van der Waals surface area contributed by atoms with Crippen molar-refractivity contribution in [2.45, 2.75) is 26.3 Å². The zero-order valence-electron chi connectivity index (χ0n) is 10.3. The van der Waals surface area contributed by atoms with Crippen LogP contribution in [0.15, 0.2) is 30.2 Å². The summed E-state index contributed by atoms with van der Waals surface area (Å²) >= 11 is 8.83. The van der Waals surface area contributed by atoms with Gasteiger partial charge in [0.05, 0.1) is 13.6 Å². The smallest absolute Gasteiger partial charge is 0.125 e. The first-order valence-electron chi connectivity index (χ1n) is 5.86. The fourth-order valence-electron chi connectivity index (χ4n) is 1.81. The number of rotatable bonds is 5. The Morgan fingerprint density at radius 1 is 1.39 bits per heavy atom. The minimum atomic E-state index is 0.107. The van der Waals surface area contributed by atoms with Crippen LogP contribution in [0.3, 0.4) is 0 Å². The van der Waals surface area contributed by atoms with Crippen LogP contribution in [0.25, 0.3) is 0 Å². The Hall–Kier alpha value is -0.100. The van der Waals surface area contributed by atoms with E-state index in [1.54, 1.807) is 11.3 Å². The van der Waals surface area contributed by atoms with E-state index in [1.807, 2.05) is 19.1 Å². The molecule has 0 fully saturated rings. The van der Waals surface area contributed by atoms with Crippen molar-refractivity contribution in [2.24, 2.45) is 0 Å². The van der Waals surface area contributed by atoms with Gasteiger partial charge in [0.15, 0.2) is 0 Å². The highest BCUT2D eigenvalue weighted by Crippen LogP contribution is 2.38. The molecule has 0 radical (unpaired) electrons. The second-order valence-corrected chi connectivity index (χ2v) is 7.86. The van der Waals surface area contributed by atoms with Crippen molar-refractivity contribution in [1.82, 2.24) is 5.32 Å². The maximum Gasteiger partial charge on any atom is 0.125 e. The maximum absolute atomic E-state index is 5.77. The third-order valence-corrected chi connectivity index (χ3v) is 5.02. The molecule has 0 aliphatic heterocycles. The molecule has 2 aromatic heterocycles. The molecular weight excluding hydrogens is 378 g/mol. The topological polar surface area (TPSA) is 25.2 Å². The summed E-state index contributed by atoms with van der Waals surface area (Å²) in [5.74, 6) is 1.91. The van der Waals surface area contributed by atoms with Crippen molar-refractivity contribution >= 4 is 43.2 Å². The summed E-state index contributed by atoms with van der Waals surface area (Å²) < 4.78 is 8.02. The van der Waals surface area contributed by atoms with E-state index in [0.29, 0.717) is 0 Å². The second-order valence-electron chi connectivity index (χ2n) is 4.12. The molecule has 2 rings (SSSR count). The third-order valence-electron chi connectivity index (χ3n) is 2.64. The molecule has 18 heavy (non-hydrogen) atoms. The van der Waals surface area contributed by atoms with Gasteiger partial charge in [0.25, 0.3) is 0 Å². The van der Waals surface area contributed by atoms with Crippen molar-refractivity contribution in [3.63, 3.8) is 0 Å². The molecule has 0 saturated heterocycles. The average Bonchev–Trinajstić information content (AvgIpc) is 2.87. The third kappa shape index (κ3) is 3.26. The monoisotopic (exact) mass is 391 g/mol. The zero-order chi connectivity index (χ0) is 13.1. The predicted molar refractivity (Wildman–Crippen MR) is 83.3 cm³/mol. The Morgan fingerprint density at radius 2 is 2.17 bits per heavy atom. The lowest BCUT2D eigenvalue weighted by Crippen LogP contribution is -2.22. The number of aryl methyl sites for hydroxylation is 1. The molecule has 2 nitrogen and oxygen atoms in total. The van der Waals surface area contributed by atoms with Gasteiger partial charge in [-0.15, -0.1) is 11.3 Å². The van der Waals surface area contributed by atoms with Crippen molar-refractivity contribution in [1.29, 1.82) is 0 Å². The van der Waals surface area contributed by atoms with Crippen molar-refractivity contribution in [3.05, 3.63) is 42.9 Å². The summed E-state index contributed by atoms with van der Waals surface area (Å²) in [6, 6.07) is 6.29. The van der Waals surface area contributed by atoms with Gasteiger partial charge in [0.2, 0.25) is 0 Å². The predicted octanol–water partition coefficient (Wildman–Crippen LogP) is 5.26. The van der Waals surface area contributed by atoms with Gasteiger partial charge in [0, 0.05) is 5.56 Å². The first-order valence-corrected chi connectivity index (χ1v) is 8.26. The Labute approximate surface area is 128 Å². The lowest BCUT2D eigenvalue weighted by atomic mass is 10.1. The summed E-state index contributed by atoms with van der Waals surface area (Å²) in [4.78, 5) is 0. The Kier molecular flexibility index (Phi) is 5.06. The van der Waals surface area contributed by atoms with Crippen LogP contribution >= 0.6 is 43.2 Å². The normalized spacial score (nSPS) is 12.9. The summed E-state index contributed by atoms with van der Waals surface area (Å²) in [5, 5.41) is 3.53. The first-order chi connectivity index (χ1) is 8.61. The summed E-state index contributed by atoms with van der Waals surface area (Å²) in [6.07, 6.45) is 1.10. The maximum atomic E-state index is 5.77. The molecule has 1 unspecified atom stereocenters. The Balaban J connectivity index is 2.33. The molecule has 0 spiro atoms. The summed E-state index contributed by atoms with van der Waals surface area (Å²) in [5.41, 5.74) is 1.22. The molecule has 0 aromatic carbocycles. The molecular formula is C13H15Br2NOS. The molecule has 5 heteroatoms. The molecule has 0 aliphatic carbocycles. The number of hydrogen-bond acceptors (Lipinski definition) is 3. The molecule has 98 valence electrons. The molecule has 0 saturated carbocycles. The quantitative estimate of drug-likeness (QED) is 0.750.